The zero-order valence-corrected chi connectivity index (χ0v) is 11.5. The first kappa shape index (κ1) is 13.6. The third kappa shape index (κ3) is 2.95. The number of hydrogen-bond donors (Lipinski definition) is 0. The molecular weight excluding hydrogens is 240 g/mol. The molecule has 1 aliphatic heterocycles. The molecule has 4 nitrogen and oxygen atoms in total. The van der Waals surface area contributed by atoms with Gasteiger partial charge >= 0.3 is 0 Å². The highest BCUT2D eigenvalue weighted by Gasteiger charge is 2.30. The smallest absolute Gasteiger partial charge is 0.253 e. The second-order valence-electron chi connectivity index (χ2n) is 4.89. The van der Waals surface area contributed by atoms with E-state index in [4.69, 9.17) is 0 Å². The molecule has 1 aromatic carbocycles. The minimum absolute atomic E-state index is 0.0576. The number of rotatable bonds is 2. The predicted molar refractivity (Wildman–Crippen MR) is 73.8 cm³/mol. The Morgan fingerprint density at radius 3 is 2.47 bits per heavy atom. The van der Waals surface area contributed by atoms with Crippen LogP contribution in [0.4, 0.5) is 0 Å². The Balaban J connectivity index is 2.08. The summed E-state index contributed by atoms with van der Waals surface area (Å²) in [4.78, 5) is 27.6. The molecule has 0 aromatic heterocycles. The number of amides is 2. The second kappa shape index (κ2) is 5.87. The fraction of sp³-hybridized carbons (Fsp3) is 0.467. The van der Waals surface area contributed by atoms with Crippen molar-refractivity contribution in [2.24, 2.45) is 0 Å². The lowest BCUT2D eigenvalue weighted by molar-refractivity contribution is -0.133. The molecule has 0 aliphatic carbocycles. The van der Waals surface area contributed by atoms with E-state index in [-0.39, 0.29) is 17.9 Å². The maximum absolute atomic E-state index is 12.4. The number of piperazine rings is 1. The summed E-state index contributed by atoms with van der Waals surface area (Å²) in [5.74, 6) is 0.154. The lowest BCUT2D eigenvalue weighted by Gasteiger charge is -2.40. The van der Waals surface area contributed by atoms with Gasteiger partial charge in [0.2, 0.25) is 5.91 Å². The van der Waals surface area contributed by atoms with Crippen LogP contribution in [0.1, 0.15) is 30.6 Å². The van der Waals surface area contributed by atoms with Gasteiger partial charge in [0.1, 0.15) is 0 Å². The normalized spacial score (nSPS) is 19.4. The molecule has 1 aromatic rings. The largest absolute Gasteiger partial charge is 0.336 e. The zero-order chi connectivity index (χ0) is 13.8. The number of hydrogen-bond acceptors (Lipinski definition) is 2. The van der Waals surface area contributed by atoms with Crippen LogP contribution in [0.3, 0.4) is 0 Å². The molecule has 102 valence electrons. The van der Waals surface area contributed by atoms with Gasteiger partial charge in [0.15, 0.2) is 0 Å². The summed E-state index contributed by atoms with van der Waals surface area (Å²) in [6.07, 6.45) is 0.873. The highest BCUT2D eigenvalue weighted by molar-refractivity contribution is 5.94. The predicted octanol–water partition coefficient (Wildman–Crippen LogP) is 1.77. The topological polar surface area (TPSA) is 40.6 Å². The quantitative estimate of drug-likeness (QED) is 0.813. The number of carbonyl (C=O) groups excluding carboxylic acids is 2. The van der Waals surface area contributed by atoms with E-state index in [0.29, 0.717) is 25.2 Å². The summed E-state index contributed by atoms with van der Waals surface area (Å²) in [6, 6.07) is 9.45. The average molecular weight is 260 g/mol. The molecule has 1 aliphatic rings. The molecule has 2 amide bonds. The van der Waals surface area contributed by atoms with Crippen LogP contribution in [-0.4, -0.2) is 47.3 Å². The van der Waals surface area contributed by atoms with Crippen molar-refractivity contribution in [3.05, 3.63) is 35.9 Å². The standard InChI is InChI=1S/C15H20N2O2/c1-3-14-11-16(9-10-17(14)12(2)18)15(19)13-7-5-4-6-8-13/h4-8,14H,3,9-11H2,1-2H3. The van der Waals surface area contributed by atoms with E-state index in [9.17, 15) is 9.59 Å². The molecule has 2 rings (SSSR count). The molecule has 0 saturated carbocycles. The van der Waals surface area contributed by atoms with Crippen LogP contribution in [0.5, 0.6) is 0 Å². The van der Waals surface area contributed by atoms with Gasteiger partial charge in [-0.15, -0.1) is 0 Å². The Morgan fingerprint density at radius 2 is 1.89 bits per heavy atom. The molecule has 1 heterocycles. The fourth-order valence-corrected chi connectivity index (χ4v) is 2.57. The highest BCUT2D eigenvalue weighted by Crippen LogP contribution is 2.15. The molecule has 19 heavy (non-hydrogen) atoms. The van der Waals surface area contributed by atoms with E-state index < -0.39 is 0 Å². The van der Waals surface area contributed by atoms with Crippen molar-refractivity contribution >= 4 is 11.8 Å². The van der Waals surface area contributed by atoms with E-state index in [2.05, 4.69) is 6.92 Å². The van der Waals surface area contributed by atoms with Crippen LogP contribution in [0.15, 0.2) is 30.3 Å². The zero-order valence-electron chi connectivity index (χ0n) is 11.5. The van der Waals surface area contributed by atoms with Gasteiger partial charge in [-0.05, 0) is 18.6 Å². The van der Waals surface area contributed by atoms with Crippen molar-refractivity contribution in [3.63, 3.8) is 0 Å². The third-order valence-electron chi connectivity index (χ3n) is 3.67. The summed E-state index contributed by atoms with van der Waals surface area (Å²) < 4.78 is 0. The number of nitrogens with zero attached hydrogens (tertiary/aromatic N) is 2. The highest BCUT2D eigenvalue weighted by atomic mass is 16.2. The van der Waals surface area contributed by atoms with E-state index in [1.54, 1.807) is 6.92 Å². The Labute approximate surface area is 114 Å². The molecule has 0 spiro atoms. The van der Waals surface area contributed by atoms with Crippen molar-refractivity contribution < 1.29 is 9.59 Å². The lowest BCUT2D eigenvalue weighted by atomic mass is 10.1. The number of carbonyl (C=O) groups is 2. The molecular formula is C15H20N2O2. The third-order valence-corrected chi connectivity index (χ3v) is 3.67. The van der Waals surface area contributed by atoms with Crippen molar-refractivity contribution in [1.29, 1.82) is 0 Å². The van der Waals surface area contributed by atoms with E-state index in [0.717, 1.165) is 6.42 Å². The minimum Gasteiger partial charge on any atom is -0.336 e. The summed E-state index contributed by atoms with van der Waals surface area (Å²) in [7, 11) is 0. The summed E-state index contributed by atoms with van der Waals surface area (Å²) in [6.45, 7) is 5.52. The maximum atomic E-state index is 12.4. The molecule has 1 fully saturated rings. The average Bonchev–Trinajstić information content (AvgIpc) is 2.46. The van der Waals surface area contributed by atoms with Crippen LogP contribution >= 0.6 is 0 Å². The first-order valence-corrected chi connectivity index (χ1v) is 6.75. The van der Waals surface area contributed by atoms with Crippen molar-refractivity contribution in [1.82, 2.24) is 9.80 Å². The summed E-state index contributed by atoms with van der Waals surface area (Å²) >= 11 is 0. The summed E-state index contributed by atoms with van der Waals surface area (Å²) in [5, 5.41) is 0. The molecule has 1 saturated heterocycles. The van der Waals surface area contributed by atoms with Gasteiger partial charge in [-0.2, -0.15) is 0 Å². The fourth-order valence-electron chi connectivity index (χ4n) is 2.57. The second-order valence-corrected chi connectivity index (χ2v) is 4.89. The molecule has 0 bridgehead atoms. The maximum Gasteiger partial charge on any atom is 0.253 e. The Morgan fingerprint density at radius 1 is 1.21 bits per heavy atom. The van der Waals surface area contributed by atoms with Gasteiger partial charge in [0.25, 0.3) is 5.91 Å². The molecule has 4 heteroatoms. The molecule has 1 unspecified atom stereocenters. The van der Waals surface area contributed by atoms with Crippen molar-refractivity contribution in [2.75, 3.05) is 19.6 Å². The van der Waals surface area contributed by atoms with Crippen LogP contribution in [0, 0.1) is 0 Å². The SMILES string of the molecule is CCC1CN(C(=O)c2ccccc2)CCN1C(C)=O. The van der Waals surface area contributed by atoms with Gasteiger partial charge < -0.3 is 9.80 Å². The van der Waals surface area contributed by atoms with E-state index in [1.165, 1.54) is 0 Å². The van der Waals surface area contributed by atoms with Crippen LogP contribution < -0.4 is 0 Å². The molecule has 0 N–H and O–H groups in total. The molecule has 0 radical (unpaired) electrons. The van der Waals surface area contributed by atoms with Crippen LogP contribution in [-0.2, 0) is 4.79 Å². The van der Waals surface area contributed by atoms with Gasteiger partial charge in [-0.3, -0.25) is 9.59 Å². The van der Waals surface area contributed by atoms with Crippen LogP contribution in [0.25, 0.3) is 0 Å². The first-order chi connectivity index (χ1) is 9.13. The van der Waals surface area contributed by atoms with Gasteiger partial charge in [-0.25, -0.2) is 0 Å². The minimum atomic E-state index is 0.0576. The van der Waals surface area contributed by atoms with E-state index >= 15 is 0 Å². The summed E-state index contributed by atoms with van der Waals surface area (Å²) in [5.41, 5.74) is 0.716. The van der Waals surface area contributed by atoms with Crippen molar-refractivity contribution in [2.45, 2.75) is 26.3 Å². The van der Waals surface area contributed by atoms with Gasteiger partial charge in [0, 0.05) is 38.2 Å². The van der Waals surface area contributed by atoms with Gasteiger partial charge in [-0.1, -0.05) is 25.1 Å². The van der Waals surface area contributed by atoms with E-state index in [1.807, 2.05) is 40.1 Å². The van der Waals surface area contributed by atoms with Gasteiger partial charge in [0.05, 0.1) is 0 Å². The van der Waals surface area contributed by atoms with Crippen molar-refractivity contribution in [3.8, 4) is 0 Å². The first-order valence-electron chi connectivity index (χ1n) is 6.75. The number of benzene rings is 1. The lowest BCUT2D eigenvalue weighted by Crippen LogP contribution is -2.55. The monoisotopic (exact) mass is 260 g/mol. The Bertz CT molecular complexity index is 458. The Hall–Kier alpha value is -1.84. The molecule has 1 atom stereocenters. The Kier molecular flexibility index (Phi) is 4.20. The van der Waals surface area contributed by atoms with Crippen LogP contribution in [0.2, 0.25) is 0 Å².